The highest BCUT2D eigenvalue weighted by atomic mass is 15.0. The van der Waals surface area contributed by atoms with Gasteiger partial charge in [0.15, 0.2) is 0 Å². The third-order valence-corrected chi connectivity index (χ3v) is 4.14. The summed E-state index contributed by atoms with van der Waals surface area (Å²) in [6.07, 6.45) is 0. The Labute approximate surface area is 140 Å². The van der Waals surface area contributed by atoms with Gasteiger partial charge in [-0.25, -0.2) is 9.97 Å². The Balaban J connectivity index is 1.83. The quantitative estimate of drug-likeness (QED) is 0.575. The number of nitrogens with two attached hydrogens (primary N) is 1. The van der Waals surface area contributed by atoms with Crippen LogP contribution in [0.4, 0.5) is 5.95 Å². The molecule has 0 saturated carbocycles. The van der Waals surface area contributed by atoms with E-state index in [-0.39, 0.29) is 5.95 Å². The molecule has 3 aromatic carbocycles. The molecule has 0 aliphatic rings. The maximum atomic E-state index is 5.95. The van der Waals surface area contributed by atoms with Gasteiger partial charge < -0.3 is 5.73 Å². The number of hydrogen-bond donors (Lipinski definition) is 1. The average molecular weight is 311 g/mol. The maximum Gasteiger partial charge on any atom is 0.221 e. The fraction of sp³-hybridized carbons (Fsp3) is 0.0476. The second-order valence-electron chi connectivity index (χ2n) is 5.92. The number of anilines is 1. The lowest BCUT2D eigenvalue weighted by atomic mass is 10.0. The smallest absolute Gasteiger partial charge is 0.221 e. The third-order valence-electron chi connectivity index (χ3n) is 4.14. The fourth-order valence-electron chi connectivity index (χ4n) is 2.83. The summed E-state index contributed by atoms with van der Waals surface area (Å²) >= 11 is 0. The van der Waals surface area contributed by atoms with E-state index in [1.54, 1.807) is 0 Å². The number of aromatic nitrogens is 2. The van der Waals surface area contributed by atoms with Crippen LogP contribution in [0.3, 0.4) is 0 Å². The zero-order valence-electron chi connectivity index (χ0n) is 13.4. The van der Waals surface area contributed by atoms with Crippen LogP contribution in [0.5, 0.6) is 0 Å². The Kier molecular flexibility index (Phi) is 3.47. The van der Waals surface area contributed by atoms with Crippen LogP contribution in [-0.4, -0.2) is 9.97 Å². The molecule has 3 nitrogen and oxygen atoms in total. The molecule has 1 heterocycles. The zero-order chi connectivity index (χ0) is 16.5. The maximum absolute atomic E-state index is 5.95. The highest BCUT2D eigenvalue weighted by molar-refractivity contribution is 5.87. The molecule has 3 heteroatoms. The standard InChI is InChI=1S/C21H17N3/c1-14-6-8-16(9-7-14)19-13-20(24-21(22)23-19)18-11-10-15-4-2-3-5-17(15)12-18/h2-13H,1H3,(H2,22,23,24). The van der Waals surface area contributed by atoms with Gasteiger partial charge in [-0.15, -0.1) is 0 Å². The van der Waals surface area contributed by atoms with Crippen LogP contribution < -0.4 is 5.73 Å². The van der Waals surface area contributed by atoms with Crippen LogP contribution in [0.2, 0.25) is 0 Å². The first-order valence-corrected chi connectivity index (χ1v) is 7.90. The van der Waals surface area contributed by atoms with Gasteiger partial charge >= 0.3 is 0 Å². The highest BCUT2D eigenvalue weighted by Crippen LogP contribution is 2.27. The van der Waals surface area contributed by atoms with E-state index in [4.69, 9.17) is 5.73 Å². The van der Waals surface area contributed by atoms with Crippen molar-refractivity contribution in [2.24, 2.45) is 0 Å². The van der Waals surface area contributed by atoms with Crippen molar-refractivity contribution in [3.8, 4) is 22.5 Å². The first kappa shape index (κ1) is 14.4. The van der Waals surface area contributed by atoms with E-state index in [9.17, 15) is 0 Å². The van der Waals surface area contributed by atoms with Gasteiger partial charge in [0.1, 0.15) is 0 Å². The SMILES string of the molecule is Cc1ccc(-c2cc(-c3ccc4ccccc4c3)nc(N)n2)cc1. The summed E-state index contributed by atoms with van der Waals surface area (Å²) in [6, 6.07) is 24.8. The number of hydrogen-bond acceptors (Lipinski definition) is 3. The largest absolute Gasteiger partial charge is 0.368 e. The van der Waals surface area contributed by atoms with Crippen molar-refractivity contribution >= 4 is 16.7 Å². The number of nitrogen functional groups attached to an aromatic ring is 1. The summed E-state index contributed by atoms with van der Waals surface area (Å²) < 4.78 is 0. The zero-order valence-corrected chi connectivity index (χ0v) is 13.4. The van der Waals surface area contributed by atoms with E-state index < -0.39 is 0 Å². The highest BCUT2D eigenvalue weighted by Gasteiger charge is 2.07. The fourth-order valence-corrected chi connectivity index (χ4v) is 2.83. The molecule has 4 rings (SSSR count). The summed E-state index contributed by atoms with van der Waals surface area (Å²) in [5, 5.41) is 2.39. The molecular formula is C21H17N3. The van der Waals surface area contributed by atoms with E-state index in [2.05, 4.69) is 71.5 Å². The monoisotopic (exact) mass is 311 g/mol. The molecule has 0 atom stereocenters. The Morgan fingerprint density at radius 2 is 1.29 bits per heavy atom. The van der Waals surface area contributed by atoms with Gasteiger partial charge in [-0.1, -0.05) is 66.2 Å². The van der Waals surface area contributed by atoms with Crippen LogP contribution in [-0.2, 0) is 0 Å². The summed E-state index contributed by atoms with van der Waals surface area (Å²) in [4.78, 5) is 8.81. The number of fused-ring (bicyclic) bond motifs is 1. The molecule has 0 radical (unpaired) electrons. The average Bonchev–Trinajstić information content (AvgIpc) is 2.61. The number of benzene rings is 3. The summed E-state index contributed by atoms with van der Waals surface area (Å²) in [7, 11) is 0. The van der Waals surface area contributed by atoms with Crippen LogP contribution in [0.15, 0.2) is 72.8 Å². The van der Waals surface area contributed by atoms with Crippen molar-refractivity contribution in [2.75, 3.05) is 5.73 Å². The lowest BCUT2D eigenvalue weighted by molar-refractivity contribution is 1.19. The second-order valence-corrected chi connectivity index (χ2v) is 5.92. The molecule has 0 aliphatic heterocycles. The van der Waals surface area contributed by atoms with Gasteiger partial charge in [0.2, 0.25) is 5.95 Å². The number of rotatable bonds is 2. The third kappa shape index (κ3) is 2.72. The van der Waals surface area contributed by atoms with Gasteiger partial charge in [0.25, 0.3) is 0 Å². The van der Waals surface area contributed by atoms with E-state index in [0.29, 0.717) is 0 Å². The molecule has 0 unspecified atom stereocenters. The molecule has 0 bridgehead atoms. The van der Waals surface area contributed by atoms with Crippen molar-refractivity contribution in [2.45, 2.75) is 6.92 Å². The first-order valence-electron chi connectivity index (χ1n) is 7.90. The minimum atomic E-state index is 0.288. The van der Waals surface area contributed by atoms with Gasteiger partial charge in [0, 0.05) is 11.1 Å². The topological polar surface area (TPSA) is 51.8 Å². The van der Waals surface area contributed by atoms with E-state index in [1.165, 1.54) is 16.3 Å². The molecule has 4 aromatic rings. The van der Waals surface area contributed by atoms with Crippen molar-refractivity contribution < 1.29 is 0 Å². The summed E-state index contributed by atoms with van der Waals surface area (Å²) in [6.45, 7) is 2.07. The Morgan fingerprint density at radius 1 is 0.667 bits per heavy atom. The second kappa shape index (κ2) is 5.78. The van der Waals surface area contributed by atoms with Crippen LogP contribution >= 0.6 is 0 Å². The summed E-state index contributed by atoms with van der Waals surface area (Å²) in [5.74, 6) is 0.288. The molecule has 0 amide bonds. The van der Waals surface area contributed by atoms with Gasteiger partial charge in [-0.2, -0.15) is 0 Å². The minimum absolute atomic E-state index is 0.288. The minimum Gasteiger partial charge on any atom is -0.368 e. The van der Waals surface area contributed by atoms with Crippen molar-refractivity contribution in [1.29, 1.82) is 0 Å². The normalized spacial score (nSPS) is 10.9. The number of aryl methyl sites for hydroxylation is 1. The van der Waals surface area contributed by atoms with E-state index in [1.807, 2.05) is 18.2 Å². The lowest BCUT2D eigenvalue weighted by Crippen LogP contribution is -1.98. The predicted molar refractivity (Wildman–Crippen MR) is 99.6 cm³/mol. The molecular weight excluding hydrogens is 294 g/mol. The Hall–Kier alpha value is -3.20. The van der Waals surface area contributed by atoms with Gasteiger partial charge in [-0.3, -0.25) is 0 Å². The number of nitrogens with zero attached hydrogens (tertiary/aromatic N) is 2. The van der Waals surface area contributed by atoms with Gasteiger partial charge in [-0.05, 0) is 29.8 Å². The molecule has 0 saturated heterocycles. The molecule has 0 aliphatic carbocycles. The Bertz CT molecular complexity index is 1020. The van der Waals surface area contributed by atoms with Crippen LogP contribution in [0, 0.1) is 6.92 Å². The molecule has 2 N–H and O–H groups in total. The molecule has 0 spiro atoms. The summed E-state index contributed by atoms with van der Waals surface area (Å²) in [5.41, 5.74) is 10.9. The van der Waals surface area contributed by atoms with Gasteiger partial charge in [0.05, 0.1) is 11.4 Å². The molecule has 24 heavy (non-hydrogen) atoms. The van der Waals surface area contributed by atoms with E-state index in [0.717, 1.165) is 22.5 Å². The van der Waals surface area contributed by atoms with Crippen LogP contribution in [0.25, 0.3) is 33.3 Å². The molecule has 116 valence electrons. The van der Waals surface area contributed by atoms with E-state index >= 15 is 0 Å². The molecule has 0 fully saturated rings. The molecule has 1 aromatic heterocycles. The van der Waals surface area contributed by atoms with Crippen molar-refractivity contribution in [3.63, 3.8) is 0 Å². The first-order chi connectivity index (χ1) is 11.7. The van der Waals surface area contributed by atoms with Crippen molar-refractivity contribution in [1.82, 2.24) is 9.97 Å². The van der Waals surface area contributed by atoms with Crippen molar-refractivity contribution in [3.05, 3.63) is 78.4 Å². The predicted octanol–water partition coefficient (Wildman–Crippen LogP) is 4.85. The lowest BCUT2D eigenvalue weighted by Gasteiger charge is -2.08. The Morgan fingerprint density at radius 3 is 2.04 bits per heavy atom. The van der Waals surface area contributed by atoms with Crippen LogP contribution in [0.1, 0.15) is 5.56 Å².